The molecule has 104 valence electrons. The van der Waals surface area contributed by atoms with Crippen molar-refractivity contribution in [2.75, 3.05) is 0 Å². The molecule has 0 aliphatic rings. The van der Waals surface area contributed by atoms with E-state index >= 15 is 0 Å². The fourth-order valence-corrected chi connectivity index (χ4v) is 2.54. The average molecular weight is 274 g/mol. The topological polar surface area (TPSA) is 20.2 Å². The van der Waals surface area contributed by atoms with Crippen molar-refractivity contribution in [1.29, 1.82) is 0 Å². The van der Waals surface area contributed by atoms with E-state index < -0.39 is 0 Å². The van der Waals surface area contributed by atoms with Gasteiger partial charge in [-0.2, -0.15) is 0 Å². The van der Waals surface area contributed by atoms with Gasteiger partial charge in [-0.3, -0.25) is 0 Å². The Kier molecular flexibility index (Phi) is 3.74. The lowest BCUT2D eigenvalue weighted by atomic mass is 9.97. The van der Waals surface area contributed by atoms with E-state index in [1.807, 2.05) is 36.4 Å². The summed E-state index contributed by atoms with van der Waals surface area (Å²) in [5.74, 6) is 0.322. The van der Waals surface area contributed by atoms with Crippen LogP contribution >= 0.6 is 0 Å². The largest absolute Gasteiger partial charge is 0.507 e. The highest BCUT2D eigenvalue weighted by molar-refractivity contribution is 5.77. The van der Waals surface area contributed by atoms with Crippen LogP contribution in [0.15, 0.2) is 72.8 Å². The predicted molar refractivity (Wildman–Crippen MR) is 88.4 cm³/mol. The normalized spacial score (nSPS) is 10.5. The van der Waals surface area contributed by atoms with Crippen molar-refractivity contribution in [3.8, 4) is 28.0 Å². The Hall–Kier alpha value is -2.54. The highest BCUT2D eigenvalue weighted by Gasteiger charge is 2.07. The van der Waals surface area contributed by atoms with Gasteiger partial charge in [0.25, 0.3) is 0 Å². The van der Waals surface area contributed by atoms with Crippen molar-refractivity contribution in [3.05, 3.63) is 78.4 Å². The van der Waals surface area contributed by atoms with E-state index in [1.165, 1.54) is 5.56 Å². The Labute approximate surface area is 125 Å². The van der Waals surface area contributed by atoms with E-state index in [1.54, 1.807) is 6.07 Å². The van der Waals surface area contributed by atoms with Crippen molar-refractivity contribution in [2.45, 2.75) is 13.3 Å². The number of hydrogen-bond acceptors (Lipinski definition) is 1. The van der Waals surface area contributed by atoms with E-state index in [0.717, 1.165) is 28.7 Å². The van der Waals surface area contributed by atoms with Gasteiger partial charge in [0.15, 0.2) is 0 Å². The third-order valence-corrected chi connectivity index (χ3v) is 3.75. The van der Waals surface area contributed by atoms with Crippen LogP contribution in [0.25, 0.3) is 22.3 Å². The molecule has 0 bridgehead atoms. The van der Waals surface area contributed by atoms with Gasteiger partial charge in [0.05, 0.1) is 0 Å². The zero-order chi connectivity index (χ0) is 14.7. The molecule has 0 spiro atoms. The minimum Gasteiger partial charge on any atom is -0.507 e. The Morgan fingerprint density at radius 3 is 2.24 bits per heavy atom. The van der Waals surface area contributed by atoms with Crippen LogP contribution in [0.4, 0.5) is 0 Å². The molecule has 0 atom stereocenters. The first kappa shape index (κ1) is 13.4. The standard InChI is InChI=1S/C20H18O/c1-2-15-7-6-10-18(13-15)19-14-17(11-12-20(19)21)16-8-4-3-5-9-16/h3-14,21H,2H2,1H3. The van der Waals surface area contributed by atoms with Gasteiger partial charge in [0.1, 0.15) is 5.75 Å². The first-order valence-corrected chi connectivity index (χ1v) is 7.25. The SMILES string of the molecule is CCc1cccc(-c2cc(-c3ccccc3)ccc2O)c1. The number of phenolic OH excluding ortho intramolecular Hbond substituents is 1. The van der Waals surface area contributed by atoms with Crippen molar-refractivity contribution in [3.63, 3.8) is 0 Å². The minimum atomic E-state index is 0.322. The number of hydrogen-bond donors (Lipinski definition) is 1. The van der Waals surface area contributed by atoms with Crippen LogP contribution in [0.5, 0.6) is 5.75 Å². The molecule has 0 aromatic heterocycles. The maximum absolute atomic E-state index is 10.2. The van der Waals surface area contributed by atoms with Gasteiger partial charge in [-0.1, -0.05) is 67.6 Å². The first-order chi connectivity index (χ1) is 10.3. The Bertz CT molecular complexity index is 745. The molecule has 0 heterocycles. The number of phenols is 1. The van der Waals surface area contributed by atoms with Crippen molar-refractivity contribution in [2.24, 2.45) is 0 Å². The second kappa shape index (κ2) is 5.84. The van der Waals surface area contributed by atoms with Gasteiger partial charge in [-0.05, 0) is 40.8 Å². The minimum absolute atomic E-state index is 0.322. The Balaban J connectivity index is 2.10. The molecule has 3 aromatic rings. The Morgan fingerprint density at radius 1 is 0.714 bits per heavy atom. The lowest BCUT2D eigenvalue weighted by molar-refractivity contribution is 0.477. The molecule has 0 unspecified atom stereocenters. The fourth-order valence-electron chi connectivity index (χ4n) is 2.54. The van der Waals surface area contributed by atoms with E-state index in [9.17, 15) is 5.11 Å². The Morgan fingerprint density at radius 2 is 1.48 bits per heavy atom. The number of benzene rings is 3. The first-order valence-electron chi connectivity index (χ1n) is 7.25. The summed E-state index contributed by atoms with van der Waals surface area (Å²) < 4.78 is 0. The zero-order valence-electron chi connectivity index (χ0n) is 12.1. The van der Waals surface area contributed by atoms with Gasteiger partial charge in [0, 0.05) is 5.56 Å². The molecule has 1 nitrogen and oxygen atoms in total. The van der Waals surface area contributed by atoms with Gasteiger partial charge in [-0.25, -0.2) is 0 Å². The molecule has 0 saturated carbocycles. The summed E-state index contributed by atoms with van der Waals surface area (Å²) in [6, 6.07) is 24.4. The summed E-state index contributed by atoms with van der Waals surface area (Å²) in [5.41, 5.74) is 5.49. The molecule has 1 N–H and O–H groups in total. The third-order valence-electron chi connectivity index (χ3n) is 3.75. The smallest absolute Gasteiger partial charge is 0.123 e. The second-order valence-corrected chi connectivity index (χ2v) is 5.15. The van der Waals surface area contributed by atoms with Crippen LogP contribution in [-0.4, -0.2) is 5.11 Å². The molecular formula is C20H18O. The maximum atomic E-state index is 10.2. The molecule has 0 aliphatic carbocycles. The van der Waals surface area contributed by atoms with Crippen LogP contribution in [0.2, 0.25) is 0 Å². The van der Waals surface area contributed by atoms with Gasteiger partial charge >= 0.3 is 0 Å². The lowest BCUT2D eigenvalue weighted by Gasteiger charge is -2.09. The van der Waals surface area contributed by atoms with Crippen molar-refractivity contribution in [1.82, 2.24) is 0 Å². The summed E-state index contributed by atoms with van der Waals surface area (Å²) >= 11 is 0. The van der Waals surface area contributed by atoms with E-state index in [-0.39, 0.29) is 0 Å². The summed E-state index contributed by atoms with van der Waals surface area (Å²) in [6.07, 6.45) is 0.993. The molecule has 0 fully saturated rings. The summed E-state index contributed by atoms with van der Waals surface area (Å²) in [5, 5.41) is 10.2. The van der Waals surface area contributed by atoms with Gasteiger partial charge < -0.3 is 5.11 Å². The summed E-state index contributed by atoms with van der Waals surface area (Å²) in [4.78, 5) is 0. The van der Waals surface area contributed by atoms with E-state index in [0.29, 0.717) is 5.75 Å². The fraction of sp³-hybridized carbons (Fsp3) is 0.100. The molecule has 3 aromatic carbocycles. The molecule has 0 saturated heterocycles. The molecule has 0 radical (unpaired) electrons. The van der Waals surface area contributed by atoms with E-state index in [4.69, 9.17) is 0 Å². The van der Waals surface area contributed by atoms with Crippen LogP contribution < -0.4 is 0 Å². The van der Waals surface area contributed by atoms with Gasteiger partial charge in [0.2, 0.25) is 0 Å². The zero-order valence-corrected chi connectivity index (χ0v) is 12.1. The molecular weight excluding hydrogens is 256 g/mol. The summed E-state index contributed by atoms with van der Waals surface area (Å²) in [7, 11) is 0. The lowest BCUT2D eigenvalue weighted by Crippen LogP contribution is -1.85. The predicted octanol–water partition coefficient (Wildman–Crippen LogP) is 5.29. The van der Waals surface area contributed by atoms with Crippen LogP contribution in [0, 0.1) is 0 Å². The van der Waals surface area contributed by atoms with Gasteiger partial charge in [-0.15, -0.1) is 0 Å². The molecule has 3 rings (SSSR count). The second-order valence-electron chi connectivity index (χ2n) is 5.15. The van der Waals surface area contributed by atoms with Crippen molar-refractivity contribution < 1.29 is 5.11 Å². The van der Waals surface area contributed by atoms with Crippen LogP contribution in [0.3, 0.4) is 0 Å². The maximum Gasteiger partial charge on any atom is 0.123 e. The van der Waals surface area contributed by atoms with Crippen LogP contribution in [-0.2, 0) is 6.42 Å². The third kappa shape index (κ3) is 2.82. The number of aromatic hydroxyl groups is 1. The molecule has 0 amide bonds. The molecule has 21 heavy (non-hydrogen) atoms. The molecule has 0 aliphatic heterocycles. The summed E-state index contributed by atoms with van der Waals surface area (Å²) in [6.45, 7) is 2.14. The quantitative estimate of drug-likeness (QED) is 0.688. The number of aryl methyl sites for hydroxylation is 1. The highest BCUT2D eigenvalue weighted by Crippen LogP contribution is 2.33. The average Bonchev–Trinajstić information content (AvgIpc) is 2.56. The van der Waals surface area contributed by atoms with Crippen molar-refractivity contribution >= 4 is 0 Å². The van der Waals surface area contributed by atoms with E-state index in [2.05, 4.69) is 37.3 Å². The monoisotopic (exact) mass is 274 g/mol. The number of rotatable bonds is 3. The molecule has 1 heteroatoms. The van der Waals surface area contributed by atoms with Crippen LogP contribution in [0.1, 0.15) is 12.5 Å². The highest BCUT2D eigenvalue weighted by atomic mass is 16.3.